The number of anilines is 1. The normalized spacial score (nSPS) is 15.4. The van der Waals surface area contributed by atoms with E-state index in [1.807, 2.05) is 35.8 Å². The summed E-state index contributed by atoms with van der Waals surface area (Å²) in [6.07, 6.45) is 6.14. The van der Waals surface area contributed by atoms with Gasteiger partial charge in [-0.1, -0.05) is 47.7 Å². The molecule has 0 radical (unpaired) electrons. The Morgan fingerprint density at radius 1 is 1.11 bits per heavy atom. The average molecular weight is 526 g/mol. The Labute approximate surface area is 212 Å². The minimum atomic E-state index is -3.81. The third kappa shape index (κ3) is 4.81. The van der Waals surface area contributed by atoms with Crippen LogP contribution in [0.4, 0.5) is 9.52 Å². The highest BCUT2D eigenvalue weighted by Crippen LogP contribution is 2.47. The Balaban J connectivity index is 1.35. The van der Waals surface area contributed by atoms with Crippen molar-refractivity contribution in [3.63, 3.8) is 0 Å². The standard InChI is InChI=1S/C25H24FN5O3S2/c1-16(18-5-9-21(26)10-6-18)31-15-27-13-22(31)19-3-7-20(8-4-19)25(11-12-25)30-36(33,34)23-14-28-24(35-23)29-17(2)32/h3-10,13-16,30H,11-12H2,1-2H3,(H,28,29,32). The van der Waals surface area contributed by atoms with Crippen molar-refractivity contribution in [3.05, 3.63) is 84.2 Å². The quantitative estimate of drug-likeness (QED) is 0.347. The van der Waals surface area contributed by atoms with Crippen LogP contribution in [0.15, 0.2) is 71.5 Å². The van der Waals surface area contributed by atoms with Crippen molar-refractivity contribution >= 4 is 32.4 Å². The van der Waals surface area contributed by atoms with Crippen molar-refractivity contribution in [1.82, 2.24) is 19.3 Å². The first kappa shape index (κ1) is 24.3. The van der Waals surface area contributed by atoms with Gasteiger partial charge >= 0.3 is 0 Å². The number of imidazole rings is 1. The molecule has 1 atom stereocenters. The highest BCUT2D eigenvalue weighted by Gasteiger charge is 2.48. The molecule has 2 aromatic heterocycles. The summed E-state index contributed by atoms with van der Waals surface area (Å²) in [7, 11) is -3.81. The molecule has 1 aliphatic carbocycles. The monoisotopic (exact) mass is 525 g/mol. The van der Waals surface area contributed by atoms with Gasteiger partial charge in [-0.3, -0.25) is 4.79 Å². The molecule has 5 rings (SSSR count). The van der Waals surface area contributed by atoms with E-state index in [-0.39, 0.29) is 27.1 Å². The smallest absolute Gasteiger partial charge is 0.252 e. The number of hydrogen-bond donors (Lipinski definition) is 2. The summed E-state index contributed by atoms with van der Waals surface area (Å²) < 4.78 is 44.2. The molecule has 0 saturated heterocycles. The lowest BCUT2D eigenvalue weighted by atomic mass is 10.0. The Morgan fingerprint density at radius 3 is 2.44 bits per heavy atom. The summed E-state index contributed by atoms with van der Waals surface area (Å²) >= 11 is 0.912. The van der Waals surface area contributed by atoms with Gasteiger partial charge in [0.1, 0.15) is 5.82 Å². The van der Waals surface area contributed by atoms with Gasteiger partial charge in [0, 0.05) is 6.92 Å². The van der Waals surface area contributed by atoms with E-state index in [2.05, 4.69) is 20.0 Å². The molecular weight excluding hydrogens is 501 g/mol. The molecule has 2 aromatic carbocycles. The molecule has 4 aromatic rings. The third-order valence-electron chi connectivity index (χ3n) is 6.28. The van der Waals surface area contributed by atoms with Gasteiger partial charge in [0.25, 0.3) is 10.0 Å². The van der Waals surface area contributed by atoms with E-state index in [1.165, 1.54) is 25.3 Å². The van der Waals surface area contributed by atoms with Crippen LogP contribution in [0.2, 0.25) is 0 Å². The molecule has 0 spiro atoms. The maximum absolute atomic E-state index is 13.3. The zero-order chi connectivity index (χ0) is 25.5. The zero-order valence-corrected chi connectivity index (χ0v) is 21.2. The molecule has 2 heterocycles. The Kier molecular flexibility index (Phi) is 6.23. The van der Waals surface area contributed by atoms with Crippen LogP contribution in [0.3, 0.4) is 0 Å². The van der Waals surface area contributed by atoms with Gasteiger partial charge in [-0.15, -0.1) is 0 Å². The number of amides is 1. The number of rotatable bonds is 8. The number of thiazole rings is 1. The van der Waals surface area contributed by atoms with Crippen LogP contribution in [0.1, 0.15) is 43.9 Å². The van der Waals surface area contributed by atoms with Crippen LogP contribution in [-0.4, -0.2) is 28.9 Å². The summed E-state index contributed by atoms with van der Waals surface area (Å²) in [5.74, 6) is -0.589. The van der Waals surface area contributed by atoms with E-state index in [0.717, 1.165) is 33.7 Å². The molecule has 1 amide bonds. The van der Waals surface area contributed by atoms with Crippen molar-refractivity contribution in [1.29, 1.82) is 0 Å². The second-order valence-electron chi connectivity index (χ2n) is 8.84. The topological polar surface area (TPSA) is 106 Å². The maximum Gasteiger partial charge on any atom is 0.252 e. The fourth-order valence-electron chi connectivity index (χ4n) is 4.17. The fraction of sp³-hybridized carbons (Fsp3) is 0.240. The minimum Gasteiger partial charge on any atom is -0.323 e. The van der Waals surface area contributed by atoms with Crippen molar-refractivity contribution in [2.24, 2.45) is 0 Å². The first-order valence-electron chi connectivity index (χ1n) is 11.3. The van der Waals surface area contributed by atoms with Crippen molar-refractivity contribution in [2.75, 3.05) is 5.32 Å². The second kappa shape index (κ2) is 9.23. The van der Waals surface area contributed by atoms with E-state index < -0.39 is 15.6 Å². The molecule has 0 bridgehead atoms. The van der Waals surface area contributed by atoms with Gasteiger partial charge in [-0.05, 0) is 48.6 Å². The van der Waals surface area contributed by atoms with E-state index in [4.69, 9.17) is 0 Å². The van der Waals surface area contributed by atoms with Gasteiger partial charge in [0.05, 0.1) is 36.0 Å². The van der Waals surface area contributed by atoms with Crippen molar-refractivity contribution < 1.29 is 17.6 Å². The second-order valence-corrected chi connectivity index (χ2v) is 11.8. The Morgan fingerprint density at radius 2 is 1.81 bits per heavy atom. The number of aromatic nitrogens is 3. The Hall–Kier alpha value is -3.41. The number of carbonyl (C=O) groups is 1. The Bertz CT molecular complexity index is 1510. The molecule has 1 aliphatic rings. The third-order valence-corrected chi connectivity index (χ3v) is 9.19. The molecular formula is C25H24FN5O3S2. The number of halogens is 1. The van der Waals surface area contributed by atoms with Crippen LogP contribution < -0.4 is 10.0 Å². The zero-order valence-electron chi connectivity index (χ0n) is 19.6. The van der Waals surface area contributed by atoms with E-state index in [0.29, 0.717) is 12.8 Å². The SMILES string of the molecule is CC(=O)Nc1ncc(S(=O)(=O)NC2(c3ccc(-c4cncn4C(C)c4ccc(F)cc4)cc3)CC2)s1. The molecule has 2 N–H and O–H groups in total. The van der Waals surface area contributed by atoms with Crippen molar-refractivity contribution in [2.45, 2.75) is 42.5 Å². The summed E-state index contributed by atoms with van der Waals surface area (Å²) in [5.41, 5.74) is 3.00. The van der Waals surface area contributed by atoms with E-state index in [9.17, 15) is 17.6 Å². The molecule has 1 unspecified atom stereocenters. The molecule has 1 fully saturated rings. The van der Waals surface area contributed by atoms with Gasteiger partial charge in [-0.25, -0.2) is 22.8 Å². The van der Waals surface area contributed by atoms with Gasteiger partial charge in [0.2, 0.25) is 5.91 Å². The van der Waals surface area contributed by atoms with Gasteiger partial charge < -0.3 is 9.88 Å². The highest BCUT2D eigenvalue weighted by molar-refractivity contribution is 7.91. The van der Waals surface area contributed by atoms with Crippen LogP contribution in [0.25, 0.3) is 11.3 Å². The van der Waals surface area contributed by atoms with Crippen LogP contribution in [0, 0.1) is 5.82 Å². The number of nitrogens with zero attached hydrogens (tertiary/aromatic N) is 3. The number of benzene rings is 2. The number of carbonyl (C=O) groups excluding carboxylic acids is 1. The summed E-state index contributed by atoms with van der Waals surface area (Å²) in [6.45, 7) is 3.37. The number of sulfonamides is 1. The fourth-order valence-corrected chi connectivity index (χ4v) is 6.70. The molecule has 8 nitrogen and oxygen atoms in total. The van der Waals surface area contributed by atoms with E-state index >= 15 is 0 Å². The predicted octanol–water partition coefficient (Wildman–Crippen LogP) is 4.68. The lowest BCUT2D eigenvalue weighted by molar-refractivity contribution is -0.114. The van der Waals surface area contributed by atoms with Gasteiger partial charge in [-0.2, -0.15) is 4.72 Å². The molecule has 1 saturated carbocycles. The average Bonchev–Trinajstić information content (AvgIpc) is 3.22. The highest BCUT2D eigenvalue weighted by atomic mass is 32.2. The molecule has 36 heavy (non-hydrogen) atoms. The van der Waals surface area contributed by atoms with E-state index in [1.54, 1.807) is 24.7 Å². The first-order chi connectivity index (χ1) is 17.2. The molecule has 0 aliphatic heterocycles. The number of nitrogens with one attached hydrogen (secondary N) is 2. The van der Waals surface area contributed by atoms with Crippen molar-refractivity contribution in [3.8, 4) is 11.3 Å². The first-order valence-corrected chi connectivity index (χ1v) is 13.6. The summed E-state index contributed by atoms with van der Waals surface area (Å²) in [5, 5.41) is 2.74. The molecule has 186 valence electrons. The molecule has 11 heteroatoms. The minimum absolute atomic E-state index is 0.0489. The largest absolute Gasteiger partial charge is 0.323 e. The lowest BCUT2D eigenvalue weighted by Crippen LogP contribution is -2.34. The van der Waals surface area contributed by atoms with Crippen LogP contribution in [-0.2, 0) is 20.4 Å². The van der Waals surface area contributed by atoms with Crippen LogP contribution >= 0.6 is 11.3 Å². The van der Waals surface area contributed by atoms with Gasteiger partial charge in [0.15, 0.2) is 9.34 Å². The summed E-state index contributed by atoms with van der Waals surface area (Å²) in [4.78, 5) is 19.5. The lowest BCUT2D eigenvalue weighted by Gasteiger charge is -2.19. The van der Waals surface area contributed by atoms with Crippen LogP contribution in [0.5, 0.6) is 0 Å². The summed E-state index contributed by atoms with van der Waals surface area (Å²) in [6, 6.07) is 14.1. The number of hydrogen-bond acceptors (Lipinski definition) is 6. The maximum atomic E-state index is 13.3. The predicted molar refractivity (Wildman–Crippen MR) is 136 cm³/mol.